The van der Waals surface area contributed by atoms with Gasteiger partial charge in [-0.2, -0.15) is 5.10 Å². The summed E-state index contributed by atoms with van der Waals surface area (Å²) in [4.78, 5) is 16.5. The van der Waals surface area contributed by atoms with Crippen molar-refractivity contribution in [2.45, 2.75) is 59.1 Å². The quantitative estimate of drug-likeness (QED) is 0.506. The molecule has 8 heteroatoms. The highest BCUT2D eigenvalue weighted by molar-refractivity contribution is 5.79. The third-order valence-electron chi connectivity index (χ3n) is 3.28. The second-order valence-corrected chi connectivity index (χ2v) is 7.90. The minimum atomic E-state index is -0.522. The smallest absolute Gasteiger partial charge is 0.408 e. The van der Waals surface area contributed by atoms with E-state index in [0.717, 1.165) is 25.5 Å². The van der Waals surface area contributed by atoms with Gasteiger partial charge in [0.2, 0.25) is 0 Å². The van der Waals surface area contributed by atoms with Crippen LogP contribution in [-0.2, 0) is 18.2 Å². The van der Waals surface area contributed by atoms with Crippen molar-refractivity contribution in [2.75, 3.05) is 19.6 Å². The lowest BCUT2D eigenvalue weighted by atomic mass is 10.1. The van der Waals surface area contributed by atoms with Gasteiger partial charge in [-0.3, -0.25) is 9.67 Å². The molecule has 1 amide bonds. The molecule has 0 radical (unpaired) electrons. The first-order chi connectivity index (χ1) is 12.0. The van der Waals surface area contributed by atoms with Gasteiger partial charge in [0.05, 0.1) is 18.3 Å². The molecule has 26 heavy (non-hydrogen) atoms. The second-order valence-electron chi connectivity index (χ2n) is 7.90. The fourth-order valence-electron chi connectivity index (χ4n) is 2.16. The molecule has 0 aliphatic carbocycles. The summed E-state index contributed by atoms with van der Waals surface area (Å²) in [6, 6.07) is 0. The molecule has 148 valence electrons. The molecule has 0 aliphatic heterocycles. The maximum absolute atomic E-state index is 12.0. The Bertz CT molecular complexity index is 601. The van der Waals surface area contributed by atoms with Crippen LogP contribution in [0.25, 0.3) is 0 Å². The lowest BCUT2D eigenvalue weighted by molar-refractivity contribution is 0.0476. The largest absolute Gasteiger partial charge is 0.444 e. The van der Waals surface area contributed by atoms with Gasteiger partial charge in [0.25, 0.3) is 0 Å². The molecule has 1 aromatic heterocycles. The molecule has 0 fully saturated rings. The zero-order valence-electron chi connectivity index (χ0n) is 17.1. The van der Waals surface area contributed by atoms with E-state index in [2.05, 4.69) is 26.0 Å². The van der Waals surface area contributed by atoms with Crippen LogP contribution >= 0.6 is 0 Å². The van der Waals surface area contributed by atoms with Gasteiger partial charge in [-0.1, -0.05) is 0 Å². The zero-order chi connectivity index (χ0) is 19.8. The highest BCUT2D eigenvalue weighted by Gasteiger charge is 2.24. The molecular weight excluding hydrogens is 332 g/mol. The summed E-state index contributed by atoms with van der Waals surface area (Å²) >= 11 is 0. The van der Waals surface area contributed by atoms with E-state index in [9.17, 15) is 4.79 Å². The molecule has 1 heterocycles. The number of hydrogen-bond acceptors (Lipinski definition) is 4. The molecule has 0 bridgehead atoms. The number of carbonyl (C=O) groups is 1. The molecule has 0 spiro atoms. The highest BCUT2D eigenvalue weighted by atomic mass is 16.6. The van der Waals surface area contributed by atoms with Crippen LogP contribution in [0.2, 0.25) is 0 Å². The van der Waals surface area contributed by atoms with Crippen molar-refractivity contribution in [3.63, 3.8) is 0 Å². The van der Waals surface area contributed by atoms with Crippen molar-refractivity contribution in [1.82, 2.24) is 25.7 Å². The summed E-state index contributed by atoms with van der Waals surface area (Å²) in [6.07, 6.45) is 4.28. The Kier molecular flexibility index (Phi) is 7.92. The van der Waals surface area contributed by atoms with Gasteiger partial charge >= 0.3 is 6.09 Å². The van der Waals surface area contributed by atoms with Gasteiger partial charge in [0, 0.05) is 26.3 Å². The van der Waals surface area contributed by atoms with Crippen molar-refractivity contribution in [2.24, 2.45) is 12.0 Å². The molecule has 3 N–H and O–H groups in total. The number of amides is 1. The number of aromatic nitrogens is 2. The highest BCUT2D eigenvalue weighted by Crippen LogP contribution is 2.09. The number of ether oxygens (including phenoxy) is 1. The van der Waals surface area contributed by atoms with Crippen molar-refractivity contribution in [1.29, 1.82) is 0 Å². The monoisotopic (exact) mass is 366 g/mol. The first kappa shape index (κ1) is 21.8. The Balaban J connectivity index is 2.53. The maximum atomic E-state index is 12.0. The fraction of sp³-hybridized carbons (Fsp3) is 0.722. The number of nitrogens with zero attached hydrogens (tertiary/aromatic N) is 3. The van der Waals surface area contributed by atoms with Crippen LogP contribution in [0.4, 0.5) is 4.79 Å². The van der Waals surface area contributed by atoms with Gasteiger partial charge in [0.15, 0.2) is 5.96 Å². The standard InChI is InChI=1S/C18H34N6O2/c1-8-19-15(20-10-9-14-11-22-24(7)12-14)21-13-18(5,6)23-16(25)26-17(2,3)4/h11-12H,8-10,13H2,1-7H3,(H,23,25)(H2,19,20,21). The van der Waals surface area contributed by atoms with Crippen molar-refractivity contribution in [3.8, 4) is 0 Å². The number of aliphatic imine (C=N–C) groups is 1. The van der Waals surface area contributed by atoms with Crippen LogP contribution in [0.5, 0.6) is 0 Å². The van der Waals surface area contributed by atoms with Crippen LogP contribution in [-0.4, -0.2) is 52.6 Å². The lowest BCUT2D eigenvalue weighted by Crippen LogP contribution is -2.49. The Morgan fingerprint density at radius 3 is 2.50 bits per heavy atom. The predicted octanol–water partition coefficient (Wildman–Crippen LogP) is 1.82. The lowest BCUT2D eigenvalue weighted by Gasteiger charge is -2.27. The van der Waals surface area contributed by atoms with Gasteiger partial charge < -0.3 is 20.7 Å². The summed E-state index contributed by atoms with van der Waals surface area (Å²) < 4.78 is 7.10. The van der Waals surface area contributed by atoms with E-state index in [1.807, 2.05) is 61.0 Å². The number of rotatable bonds is 7. The number of nitrogens with one attached hydrogen (secondary N) is 3. The topological polar surface area (TPSA) is 92.6 Å². The number of aryl methyl sites for hydroxylation is 1. The Morgan fingerprint density at radius 1 is 1.27 bits per heavy atom. The van der Waals surface area contributed by atoms with Crippen LogP contribution in [0, 0.1) is 0 Å². The van der Waals surface area contributed by atoms with E-state index < -0.39 is 17.2 Å². The molecular formula is C18H34N6O2. The number of alkyl carbamates (subject to hydrolysis) is 1. The molecule has 0 unspecified atom stereocenters. The minimum Gasteiger partial charge on any atom is -0.444 e. The summed E-state index contributed by atoms with van der Waals surface area (Å²) in [6.45, 7) is 13.3. The van der Waals surface area contributed by atoms with Gasteiger partial charge in [-0.05, 0) is 53.5 Å². The molecule has 8 nitrogen and oxygen atoms in total. The molecule has 0 saturated heterocycles. The average Bonchev–Trinajstić information content (AvgIpc) is 2.87. The summed E-state index contributed by atoms with van der Waals surface area (Å²) in [5.41, 5.74) is 0.128. The number of hydrogen-bond donors (Lipinski definition) is 3. The third-order valence-corrected chi connectivity index (χ3v) is 3.28. The summed E-state index contributed by atoms with van der Waals surface area (Å²) in [5, 5.41) is 13.5. The Labute approximate surface area is 156 Å². The summed E-state index contributed by atoms with van der Waals surface area (Å²) in [5.74, 6) is 0.718. The van der Waals surface area contributed by atoms with Crippen molar-refractivity contribution < 1.29 is 9.53 Å². The van der Waals surface area contributed by atoms with E-state index in [0.29, 0.717) is 6.54 Å². The third kappa shape index (κ3) is 9.29. The van der Waals surface area contributed by atoms with E-state index in [1.54, 1.807) is 4.68 Å². The first-order valence-electron chi connectivity index (χ1n) is 9.01. The molecule has 0 aliphatic rings. The number of guanidine groups is 1. The first-order valence-corrected chi connectivity index (χ1v) is 9.01. The van der Waals surface area contributed by atoms with Crippen LogP contribution < -0.4 is 16.0 Å². The minimum absolute atomic E-state index is 0.425. The van der Waals surface area contributed by atoms with Gasteiger partial charge in [-0.15, -0.1) is 0 Å². The Morgan fingerprint density at radius 2 is 1.96 bits per heavy atom. The van der Waals surface area contributed by atoms with E-state index >= 15 is 0 Å². The average molecular weight is 367 g/mol. The SMILES string of the molecule is CCNC(=NCC(C)(C)NC(=O)OC(C)(C)C)NCCc1cnn(C)c1. The molecule has 0 atom stereocenters. The predicted molar refractivity (Wildman–Crippen MR) is 104 cm³/mol. The van der Waals surface area contributed by atoms with E-state index in [1.165, 1.54) is 5.56 Å². The van der Waals surface area contributed by atoms with Crippen LogP contribution in [0.15, 0.2) is 17.4 Å². The van der Waals surface area contributed by atoms with Crippen LogP contribution in [0.1, 0.15) is 47.1 Å². The van der Waals surface area contributed by atoms with Gasteiger partial charge in [-0.25, -0.2) is 4.79 Å². The molecule has 0 aromatic carbocycles. The zero-order valence-corrected chi connectivity index (χ0v) is 17.1. The fourth-order valence-corrected chi connectivity index (χ4v) is 2.16. The van der Waals surface area contributed by atoms with Crippen molar-refractivity contribution in [3.05, 3.63) is 18.0 Å². The van der Waals surface area contributed by atoms with Crippen molar-refractivity contribution >= 4 is 12.1 Å². The number of carbonyl (C=O) groups excluding carboxylic acids is 1. The van der Waals surface area contributed by atoms with Gasteiger partial charge in [0.1, 0.15) is 5.60 Å². The molecule has 1 aromatic rings. The normalized spacial score (nSPS) is 12.7. The maximum Gasteiger partial charge on any atom is 0.408 e. The van der Waals surface area contributed by atoms with Crippen LogP contribution in [0.3, 0.4) is 0 Å². The molecule has 1 rings (SSSR count). The molecule has 0 saturated carbocycles. The second kappa shape index (κ2) is 9.45. The Hall–Kier alpha value is -2.25. The van der Waals surface area contributed by atoms with E-state index in [4.69, 9.17) is 4.74 Å². The summed E-state index contributed by atoms with van der Waals surface area (Å²) in [7, 11) is 1.90. The van der Waals surface area contributed by atoms with E-state index in [-0.39, 0.29) is 0 Å².